The number of anilines is 1. The van der Waals surface area contributed by atoms with E-state index in [1.54, 1.807) is 12.4 Å². The molecule has 0 aromatic carbocycles. The van der Waals surface area contributed by atoms with E-state index >= 15 is 0 Å². The number of fused-ring (bicyclic) bond motifs is 1. The molecule has 0 fully saturated rings. The number of likely N-dealkylation sites (N-methyl/N-ethyl adjacent to an activating group) is 2. The van der Waals surface area contributed by atoms with Crippen molar-refractivity contribution in [2.45, 2.75) is 13.8 Å². The van der Waals surface area contributed by atoms with E-state index in [2.05, 4.69) is 25.9 Å². The number of aromatic nitrogens is 2. The third-order valence-electron chi connectivity index (χ3n) is 3.42. The molecular formula is C15H19BrN4O. The number of hydrogen-bond donors (Lipinski definition) is 0. The van der Waals surface area contributed by atoms with E-state index in [-0.39, 0.29) is 5.91 Å². The molecule has 2 aromatic rings. The van der Waals surface area contributed by atoms with Crippen LogP contribution in [-0.4, -0.2) is 47.5 Å². The average Bonchev–Trinajstić information content (AvgIpc) is 2.47. The van der Waals surface area contributed by atoms with Gasteiger partial charge in [0, 0.05) is 37.0 Å². The first-order valence-corrected chi connectivity index (χ1v) is 7.75. The Morgan fingerprint density at radius 2 is 2.00 bits per heavy atom. The topological polar surface area (TPSA) is 49.3 Å². The fourth-order valence-corrected chi connectivity index (χ4v) is 2.58. The van der Waals surface area contributed by atoms with Crippen LogP contribution in [0.15, 0.2) is 29.0 Å². The van der Waals surface area contributed by atoms with Crippen LogP contribution < -0.4 is 4.90 Å². The van der Waals surface area contributed by atoms with Crippen LogP contribution in [0, 0.1) is 0 Å². The van der Waals surface area contributed by atoms with Crippen molar-refractivity contribution < 1.29 is 4.79 Å². The summed E-state index contributed by atoms with van der Waals surface area (Å²) in [7, 11) is 1.90. The lowest BCUT2D eigenvalue weighted by molar-refractivity contribution is -0.129. The summed E-state index contributed by atoms with van der Waals surface area (Å²) in [6.07, 6.45) is 3.48. The molecule has 5 nitrogen and oxygen atoms in total. The Morgan fingerprint density at radius 1 is 1.29 bits per heavy atom. The molecule has 0 N–H and O–H groups in total. The average molecular weight is 351 g/mol. The van der Waals surface area contributed by atoms with Gasteiger partial charge in [0.05, 0.1) is 17.7 Å². The Balaban J connectivity index is 2.27. The summed E-state index contributed by atoms with van der Waals surface area (Å²) in [5.41, 5.74) is 2.52. The molecule has 0 atom stereocenters. The van der Waals surface area contributed by atoms with E-state index in [0.29, 0.717) is 6.54 Å². The highest BCUT2D eigenvalue weighted by atomic mass is 79.9. The van der Waals surface area contributed by atoms with Crippen LogP contribution in [0.3, 0.4) is 0 Å². The van der Waals surface area contributed by atoms with Crippen molar-refractivity contribution in [3.05, 3.63) is 29.0 Å². The van der Waals surface area contributed by atoms with Gasteiger partial charge in [-0.05, 0) is 41.9 Å². The van der Waals surface area contributed by atoms with E-state index in [1.165, 1.54) is 0 Å². The number of pyridine rings is 2. The van der Waals surface area contributed by atoms with Gasteiger partial charge >= 0.3 is 0 Å². The van der Waals surface area contributed by atoms with E-state index in [0.717, 1.165) is 34.3 Å². The Kier molecular flexibility index (Phi) is 5.12. The van der Waals surface area contributed by atoms with Gasteiger partial charge < -0.3 is 9.80 Å². The van der Waals surface area contributed by atoms with Crippen LogP contribution in [0.25, 0.3) is 11.0 Å². The molecule has 1 amide bonds. The number of amides is 1. The highest BCUT2D eigenvalue weighted by molar-refractivity contribution is 9.10. The minimum atomic E-state index is 0.115. The van der Waals surface area contributed by atoms with Gasteiger partial charge in [0.1, 0.15) is 5.52 Å². The van der Waals surface area contributed by atoms with Crippen LogP contribution in [-0.2, 0) is 4.79 Å². The first kappa shape index (κ1) is 15.7. The third kappa shape index (κ3) is 3.50. The summed E-state index contributed by atoms with van der Waals surface area (Å²) < 4.78 is 0.890. The van der Waals surface area contributed by atoms with Crippen molar-refractivity contribution in [2.24, 2.45) is 0 Å². The highest BCUT2D eigenvalue weighted by Gasteiger charge is 2.15. The van der Waals surface area contributed by atoms with Gasteiger partial charge in [-0.15, -0.1) is 0 Å². The smallest absolute Gasteiger partial charge is 0.242 e. The van der Waals surface area contributed by atoms with Crippen LogP contribution in [0.2, 0.25) is 0 Å². The number of halogens is 1. The van der Waals surface area contributed by atoms with Crippen molar-refractivity contribution in [1.29, 1.82) is 0 Å². The van der Waals surface area contributed by atoms with E-state index in [9.17, 15) is 4.79 Å². The molecule has 0 saturated carbocycles. The van der Waals surface area contributed by atoms with Crippen molar-refractivity contribution in [2.75, 3.05) is 31.6 Å². The van der Waals surface area contributed by atoms with Gasteiger partial charge in [-0.1, -0.05) is 0 Å². The zero-order valence-corrected chi connectivity index (χ0v) is 14.1. The fraction of sp³-hybridized carbons (Fsp3) is 0.400. The molecule has 6 heteroatoms. The number of carbonyl (C=O) groups excluding carboxylic acids is 1. The number of hydrogen-bond acceptors (Lipinski definition) is 4. The zero-order valence-electron chi connectivity index (χ0n) is 12.5. The summed E-state index contributed by atoms with van der Waals surface area (Å²) in [6.45, 7) is 5.76. The first-order chi connectivity index (χ1) is 10.1. The van der Waals surface area contributed by atoms with Crippen LogP contribution in [0.5, 0.6) is 0 Å². The first-order valence-electron chi connectivity index (χ1n) is 6.96. The van der Waals surface area contributed by atoms with Crippen LogP contribution >= 0.6 is 15.9 Å². The second kappa shape index (κ2) is 6.85. The molecular weight excluding hydrogens is 332 g/mol. The molecule has 0 spiro atoms. The molecule has 2 heterocycles. The maximum absolute atomic E-state index is 12.2. The van der Waals surface area contributed by atoms with Crippen molar-refractivity contribution in [3.8, 4) is 0 Å². The van der Waals surface area contributed by atoms with E-state index in [1.807, 2.05) is 42.8 Å². The lowest BCUT2D eigenvalue weighted by atomic mass is 10.2. The molecule has 0 unspecified atom stereocenters. The largest absolute Gasteiger partial charge is 0.363 e. The van der Waals surface area contributed by atoms with Crippen molar-refractivity contribution >= 4 is 38.6 Å². The van der Waals surface area contributed by atoms with Gasteiger partial charge in [-0.25, -0.2) is 0 Å². The number of carbonyl (C=O) groups is 1. The normalized spacial score (nSPS) is 10.7. The summed E-state index contributed by atoms with van der Waals surface area (Å²) in [4.78, 5) is 24.7. The van der Waals surface area contributed by atoms with Gasteiger partial charge in [0.25, 0.3) is 0 Å². The van der Waals surface area contributed by atoms with E-state index < -0.39 is 0 Å². The Hall–Kier alpha value is -1.69. The lowest BCUT2D eigenvalue weighted by Gasteiger charge is -2.24. The predicted octanol–water partition coefficient (Wildman–Crippen LogP) is 2.70. The third-order valence-corrected chi connectivity index (χ3v) is 3.86. The standard InChI is InChI=1S/C15H19BrN4O/c1-4-20(5-2)14(21)10-19(3)13-6-7-17-12-8-11(16)9-18-15(12)13/h6-9H,4-5,10H2,1-3H3. The minimum Gasteiger partial charge on any atom is -0.363 e. The molecule has 2 aromatic heterocycles. The van der Waals surface area contributed by atoms with Crippen LogP contribution in [0.1, 0.15) is 13.8 Å². The number of rotatable bonds is 5. The summed E-state index contributed by atoms with van der Waals surface area (Å²) in [6, 6.07) is 3.81. The van der Waals surface area contributed by atoms with Crippen LogP contribution in [0.4, 0.5) is 5.69 Å². The predicted molar refractivity (Wildman–Crippen MR) is 88.4 cm³/mol. The Morgan fingerprint density at radius 3 is 2.67 bits per heavy atom. The summed E-state index contributed by atoms with van der Waals surface area (Å²) >= 11 is 3.40. The highest BCUT2D eigenvalue weighted by Crippen LogP contribution is 2.24. The molecule has 0 radical (unpaired) electrons. The van der Waals surface area contributed by atoms with Gasteiger partial charge in [0.15, 0.2) is 0 Å². The Labute approximate surface area is 133 Å². The molecule has 21 heavy (non-hydrogen) atoms. The van der Waals surface area contributed by atoms with Gasteiger partial charge in [-0.3, -0.25) is 14.8 Å². The van der Waals surface area contributed by atoms with Crippen molar-refractivity contribution in [1.82, 2.24) is 14.9 Å². The fourth-order valence-electron chi connectivity index (χ4n) is 2.26. The second-order valence-corrected chi connectivity index (χ2v) is 5.69. The summed E-state index contributed by atoms with van der Waals surface area (Å²) in [5, 5.41) is 0. The molecule has 112 valence electrons. The maximum Gasteiger partial charge on any atom is 0.242 e. The molecule has 0 bridgehead atoms. The number of nitrogens with zero attached hydrogens (tertiary/aromatic N) is 4. The summed E-state index contributed by atoms with van der Waals surface area (Å²) in [5.74, 6) is 0.115. The molecule has 0 aliphatic rings. The molecule has 0 aliphatic heterocycles. The second-order valence-electron chi connectivity index (χ2n) is 4.77. The van der Waals surface area contributed by atoms with Gasteiger partial charge in [-0.2, -0.15) is 0 Å². The zero-order chi connectivity index (χ0) is 15.4. The monoisotopic (exact) mass is 350 g/mol. The minimum absolute atomic E-state index is 0.115. The maximum atomic E-state index is 12.2. The SMILES string of the molecule is CCN(CC)C(=O)CN(C)c1ccnc2cc(Br)cnc12. The van der Waals surface area contributed by atoms with Gasteiger partial charge in [0.2, 0.25) is 5.91 Å². The van der Waals surface area contributed by atoms with E-state index in [4.69, 9.17) is 0 Å². The lowest BCUT2D eigenvalue weighted by Crippen LogP contribution is -2.38. The van der Waals surface area contributed by atoms with Crippen molar-refractivity contribution in [3.63, 3.8) is 0 Å². The Bertz CT molecular complexity index is 643. The molecule has 0 saturated heterocycles. The molecule has 0 aliphatic carbocycles. The molecule has 2 rings (SSSR count). The quantitative estimate of drug-likeness (QED) is 0.831.